The Morgan fingerprint density at radius 3 is 2.59 bits per heavy atom. The highest BCUT2D eigenvalue weighted by Crippen LogP contribution is 2.32. The molecule has 1 saturated heterocycles. The summed E-state index contributed by atoms with van der Waals surface area (Å²) in [6, 6.07) is 5.00. The average Bonchev–Trinajstić information content (AvgIpc) is 2.91. The largest absolute Gasteiger partial charge is 0.490 e. The molecule has 0 bridgehead atoms. The summed E-state index contributed by atoms with van der Waals surface area (Å²) in [4.78, 5) is 27.1. The number of nitrogens with zero attached hydrogens (tertiary/aromatic N) is 1. The molecular weight excluding hydrogens is 372 g/mol. The molecule has 2 aliphatic rings. The molecule has 2 aliphatic heterocycles. The Bertz CT molecular complexity index is 743. The first-order valence-corrected chi connectivity index (χ1v) is 10.4. The Hall–Kier alpha value is -2.44. The van der Waals surface area contributed by atoms with E-state index in [0.717, 1.165) is 30.6 Å². The summed E-state index contributed by atoms with van der Waals surface area (Å²) in [6.07, 6.45) is 2.84. The molecule has 1 aromatic rings. The molecule has 29 heavy (non-hydrogen) atoms. The first kappa shape index (κ1) is 21.3. The number of amides is 2. The summed E-state index contributed by atoms with van der Waals surface area (Å²) in [7, 11) is 0. The van der Waals surface area contributed by atoms with Gasteiger partial charge in [-0.25, -0.2) is 4.79 Å². The average molecular weight is 405 g/mol. The van der Waals surface area contributed by atoms with E-state index in [0.29, 0.717) is 31.9 Å². The lowest BCUT2D eigenvalue weighted by molar-refractivity contribution is -0.128. The number of ether oxygens (including phenoxy) is 3. The zero-order valence-corrected chi connectivity index (χ0v) is 17.8. The van der Waals surface area contributed by atoms with Crippen molar-refractivity contribution in [1.29, 1.82) is 0 Å². The van der Waals surface area contributed by atoms with Gasteiger partial charge < -0.3 is 19.5 Å². The number of hydrogen-bond acceptors (Lipinski definition) is 5. The van der Waals surface area contributed by atoms with Crippen LogP contribution in [0.25, 0.3) is 0 Å². The molecule has 0 aliphatic carbocycles. The third-order valence-corrected chi connectivity index (χ3v) is 5.06. The number of carbonyl (C=O) groups excluding carboxylic acids is 2. The maximum atomic E-state index is 13.0. The minimum absolute atomic E-state index is 0.157. The smallest absolute Gasteiger partial charge is 0.410 e. The molecule has 1 aromatic carbocycles. The van der Waals surface area contributed by atoms with E-state index in [2.05, 4.69) is 5.32 Å². The number of fused-ring (bicyclic) bond motifs is 1. The molecule has 2 unspecified atom stereocenters. The van der Waals surface area contributed by atoms with Crippen LogP contribution in [0.3, 0.4) is 0 Å². The first-order valence-electron chi connectivity index (χ1n) is 10.4. The van der Waals surface area contributed by atoms with Gasteiger partial charge in [-0.05, 0) is 64.7 Å². The van der Waals surface area contributed by atoms with Gasteiger partial charge in [-0.2, -0.15) is 0 Å². The number of benzene rings is 1. The zero-order chi connectivity index (χ0) is 21.0. The highest BCUT2D eigenvalue weighted by atomic mass is 16.6. The second-order valence-corrected chi connectivity index (χ2v) is 8.67. The maximum Gasteiger partial charge on any atom is 0.410 e. The number of hydrogen-bond donors (Lipinski definition) is 1. The predicted molar refractivity (Wildman–Crippen MR) is 109 cm³/mol. The van der Waals surface area contributed by atoms with Gasteiger partial charge in [-0.3, -0.25) is 9.69 Å². The topological polar surface area (TPSA) is 77.1 Å². The Labute approximate surface area is 172 Å². The molecule has 2 atom stereocenters. The van der Waals surface area contributed by atoms with Gasteiger partial charge in [0.15, 0.2) is 11.5 Å². The third kappa shape index (κ3) is 5.55. The summed E-state index contributed by atoms with van der Waals surface area (Å²) < 4.78 is 16.9. The van der Waals surface area contributed by atoms with Gasteiger partial charge in [0, 0.05) is 13.0 Å². The molecule has 0 saturated carbocycles. The minimum atomic E-state index is -0.591. The maximum absolute atomic E-state index is 13.0. The van der Waals surface area contributed by atoms with Gasteiger partial charge in [0.25, 0.3) is 0 Å². The van der Waals surface area contributed by atoms with Crippen LogP contribution in [0.5, 0.6) is 11.5 Å². The van der Waals surface area contributed by atoms with E-state index in [1.54, 1.807) is 4.90 Å². The van der Waals surface area contributed by atoms with Crippen molar-refractivity contribution in [3.63, 3.8) is 0 Å². The summed E-state index contributed by atoms with van der Waals surface area (Å²) in [5.41, 5.74) is 0.342. The number of rotatable bonds is 3. The fourth-order valence-electron chi connectivity index (χ4n) is 3.59. The Morgan fingerprint density at radius 2 is 1.86 bits per heavy atom. The molecule has 7 nitrogen and oxygen atoms in total. The molecule has 0 spiro atoms. The van der Waals surface area contributed by atoms with Crippen molar-refractivity contribution in [2.75, 3.05) is 19.8 Å². The molecule has 2 amide bonds. The first-order chi connectivity index (χ1) is 13.7. The molecule has 3 rings (SSSR count). The van der Waals surface area contributed by atoms with Crippen molar-refractivity contribution in [3.8, 4) is 11.5 Å². The van der Waals surface area contributed by atoms with E-state index >= 15 is 0 Å². The quantitative estimate of drug-likeness (QED) is 0.829. The van der Waals surface area contributed by atoms with Gasteiger partial charge in [-0.1, -0.05) is 6.07 Å². The van der Waals surface area contributed by atoms with Gasteiger partial charge in [-0.15, -0.1) is 0 Å². The highest BCUT2D eigenvalue weighted by molar-refractivity contribution is 5.86. The van der Waals surface area contributed by atoms with E-state index in [-0.39, 0.29) is 11.9 Å². The van der Waals surface area contributed by atoms with Gasteiger partial charge in [0.2, 0.25) is 5.91 Å². The molecule has 0 radical (unpaired) electrons. The Morgan fingerprint density at radius 1 is 1.14 bits per heavy atom. The van der Waals surface area contributed by atoms with Crippen LogP contribution in [-0.4, -0.2) is 48.3 Å². The normalized spacial score (nSPS) is 20.4. The fourth-order valence-corrected chi connectivity index (χ4v) is 3.59. The standard InChI is InChI=1S/C22H32N2O5/c1-15(16-9-10-18-19(14-16)28-13-7-12-27-18)23-20(25)17-8-5-6-11-24(17)21(26)29-22(2,3)4/h9-10,14-15,17H,5-8,11-13H2,1-4H3,(H,23,25). The van der Waals surface area contributed by atoms with Crippen LogP contribution in [-0.2, 0) is 9.53 Å². The van der Waals surface area contributed by atoms with Crippen LogP contribution in [0.1, 0.15) is 65.0 Å². The summed E-state index contributed by atoms with van der Waals surface area (Å²) in [6.45, 7) is 9.20. The second-order valence-electron chi connectivity index (χ2n) is 8.67. The van der Waals surface area contributed by atoms with Crippen molar-refractivity contribution < 1.29 is 23.8 Å². The summed E-state index contributed by atoms with van der Waals surface area (Å²) in [5, 5.41) is 3.05. The van der Waals surface area contributed by atoms with Gasteiger partial charge in [0.1, 0.15) is 11.6 Å². The van der Waals surface area contributed by atoms with Crippen molar-refractivity contribution in [2.45, 2.75) is 71.1 Å². The number of carbonyl (C=O) groups is 2. The molecule has 1 N–H and O–H groups in total. The lowest BCUT2D eigenvalue weighted by atomic mass is 10.0. The molecular formula is C22H32N2O5. The molecule has 1 fully saturated rings. The van der Waals surface area contributed by atoms with E-state index in [4.69, 9.17) is 14.2 Å². The minimum Gasteiger partial charge on any atom is -0.490 e. The van der Waals surface area contributed by atoms with Crippen molar-refractivity contribution in [2.24, 2.45) is 0 Å². The number of piperidine rings is 1. The third-order valence-electron chi connectivity index (χ3n) is 5.06. The van der Waals surface area contributed by atoms with Gasteiger partial charge >= 0.3 is 6.09 Å². The SMILES string of the molecule is CC(NC(=O)C1CCCCN1C(=O)OC(C)(C)C)c1ccc2c(c1)OCCCO2. The van der Waals surface area contributed by atoms with Crippen LogP contribution in [0.15, 0.2) is 18.2 Å². The van der Waals surface area contributed by atoms with Crippen LogP contribution >= 0.6 is 0 Å². The Kier molecular flexibility index (Phi) is 6.55. The van der Waals surface area contributed by atoms with Gasteiger partial charge in [0.05, 0.1) is 19.3 Å². The summed E-state index contributed by atoms with van der Waals surface area (Å²) in [5.74, 6) is 1.28. The van der Waals surface area contributed by atoms with Crippen LogP contribution in [0.2, 0.25) is 0 Å². The fraction of sp³-hybridized carbons (Fsp3) is 0.636. The Balaban J connectivity index is 1.67. The number of likely N-dealkylation sites (tertiary alicyclic amines) is 1. The predicted octanol–water partition coefficient (Wildman–Crippen LogP) is 3.81. The molecule has 2 heterocycles. The van der Waals surface area contributed by atoms with Crippen LogP contribution < -0.4 is 14.8 Å². The lowest BCUT2D eigenvalue weighted by Gasteiger charge is -2.36. The van der Waals surface area contributed by atoms with E-state index in [1.807, 2.05) is 45.9 Å². The van der Waals surface area contributed by atoms with E-state index in [1.165, 1.54) is 0 Å². The van der Waals surface area contributed by atoms with E-state index < -0.39 is 17.7 Å². The zero-order valence-electron chi connectivity index (χ0n) is 17.8. The highest BCUT2D eigenvalue weighted by Gasteiger charge is 2.35. The van der Waals surface area contributed by atoms with Crippen molar-refractivity contribution >= 4 is 12.0 Å². The summed E-state index contributed by atoms with van der Waals surface area (Å²) >= 11 is 0. The van der Waals surface area contributed by atoms with Crippen molar-refractivity contribution in [3.05, 3.63) is 23.8 Å². The van der Waals surface area contributed by atoms with Crippen LogP contribution in [0.4, 0.5) is 4.79 Å². The lowest BCUT2D eigenvalue weighted by Crippen LogP contribution is -2.53. The monoisotopic (exact) mass is 404 g/mol. The molecule has 160 valence electrons. The van der Waals surface area contributed by atoms with E-state index in [9.17, 15) is 9.59 Å². The second kappa shape index (κ2) is 8.93. The molecule has 0 aromatic heterocycles. The van der Waals surface area contributed by atoms with Crippen LogP contribution in [0, 0.1) is 0 Å². The molecule has 7 heteroatoms. The van der Waals surface area contributed by atoms with Crippen molar-refractivity contribution in [1.82, 2.24) is 10.2 Å². The number of nitrogens with one attached hydrogen (secondary N) is 1.